The van der Waals surface area contributed by atoms with Crippen molar-refractivity contribution < 1.29 is 19.1 Å². The van der Waals surface area contributed by atoms with Crippen LogP contribution < -0.4 is 5.32 Å². The molecule has 0 saturated carbocycles. The van der Waals surface area contributed by atoms with E-state index >= 15 is 0 Å². The minimum Gasteiger partial charge on any atom is -0.465 e. The first-order chi connectivity index (χ1) is 11.6. The highest BCUT2D eigenvalue weighted by Gasteiger charge is 2.19. The summed E-state index contributed by atoms with van der Waals surface area (Å²) < 4.78 is 9.56. The topological polar surface area (TPSA) is 80.4 Å². The zero-order valence-corrected chi connectivity index (χ0v) is 13.3. The summed E-state index contributed by atoms with van der Waals surface area (Å²) >= 11 is 0. The number of hydrogen-bond donors (Lipinski definition) is 2. The Morgan fingerprint density at radius 2 is 1.58 bits per heavy atom. The van der Waals surface area contributed by atoms with Crippen LogP contribution in [0, 0.1) is 0 Å². The molecule has 0 aliphatic rings. The van der Waals surface area contributed by atoms with Gasteiger partial charge in [0.25, 0.3) is 0 Å². The molecule has 24 heavy (non-hydrogen) atoms. The number of carbonyl (C=O) groups is 2. The van der Waals surface area contributed by atoms with Gasteiger partial charge in [0, 0.05) is 16.6 Å². The lowest BCUT2D eigenvalue weighted by molar-refractivity contribution is 0.0593. The molecular formula is C18H16N2O4. The molecule has 6 heteroatoms. The van der Waals surface area contributed by atoms with Gasteiger partial charge in [0.15, 0.2) is 0 Å². The van der Waals surface area contributed by atoms with Gasteiger partial charge < -0.3 is 19.8 Å². The van der Waals surface area contributed by atoms with Crippen LogP contribution in [0.1, 0.15) is 20.7 Å². The van der Waals surface area contributed by atoms with Gasteiger partial charge in [0.05, 0.1) is 19.8 Å². The van der Waals surface area contributed by atoms with Crippen molar-refractivity contribution >= 4 is 34.3 Å². The molecular weight excluding hydrogens is 308 g/mol. The van der Waals surface area contributed by atoms with Gasteiger partial charge in [-0.3, -0.25) is 0 Å². The minimum atomic E-state index is -0.430. The predicted molar refractivity (Wildman–Crippen MR) is 90.7 cm³/mol. The highest BCUT2D eigenvalue weighted by molar-refractivity contribution is 6.09. The highest BCUT2D eigenvalue weighted by atomic mass is 16.5. The first kappa shape index (κ1) is 15.6. The maximum atomic E-state index is 12.1. The number of benzene rings is 2. The van der Waals surface area contributed by atoms with Crippen molar-refractivity contribution in [2.45, 2.75) is 0 Å². The third-order valence-corrected chi connectivity index (χ3v) is 3.67. The van der Waals surface area contributed by atoms with E-state index in [0.717, 1.165) is 16.6 Å². The van der Waals surface area contributed by atoms with E-state index in [1.165, 1.54) is 14.2 Å². The van der Waals surface area contributed by atoms with Crippen molar-refractivity contribution in [3.05, 3.63) is 59.7 Å². The first-order valence-electron chi connectivity index (χ1n) is 7.28. The zero-order chi connectivity index (χ0) is 17.1. The Morgan fingerprint density at radius 3 is 2.25 bits per heavy atom. The largest absolute Gasteiger partial charge is 0.465 e. The number of aromatic nitrogens is 1. The monoisotopic (exact) mass is 324 g/mol. The smallest absolute Gasteiger partial charge is 0.342 e. The number of ether oxygens (including phenoxy) is 2. The second-order valence-corrected chi connectivity index (χ2v) is 5.11. The molecule has 0 saturated heterocycles. The average molecular weight is 324 g/mol. The van der Waals surface area contributed by atoms with Crippen LogP contribution in [0.25, 0.3) is 10.9 Å². The van der Waals surface area contributed by atoms with Gasteiger partial charge in [0.1, 0.15) is 11.4 Å². The molecule has 1 aromatic heterocycles. The second kappa shape index (κ2) is 6.45. The Hall–Kier alpha value is -3.28. The molecule has 0 aliphatic carbocycles. The van der Waals surface area contributed by atoms with E-state index in [1.807, 2.05) is 24.3 Å². The van der Waals surface area contributed by atoms with E-state index < -0.39 is 11.9 Å². The summed E-state index contributed by atoms with van der Waals surface area (Å²) in [5, 5.41) is 3.93. The van der Waals surface area contributed by atoms with Crippen LogP contribution in [0.4, 0.5) is 11.5 Å². The van der Waals surface area contributed by atoms with Crippen LogP contribution in [0.3, 0.4) is 0 Å². The summed E-state index contributed by atoms with van der Waals surface area (Å²) in [6.45, 7) is 0. The number of H-pyrrole nitrogens is 1. The van der Waals surface area contributed by atoms with Crippen molar-refractivity contribution in [1.82, 2.24) is 4.98 Å². The second-order valence-electron chi connectivity index (χ2n) is 5.11. The van der Waals surface area contributed by atoms with Gasteiger partial charge in [-0.25, -0.2) is 9.59 Å². The van der Waals surface area contributed by atoms with Gasteiger partial charge in [-0.1, -0.05) is 18.2 Å². The van der Waals surface area contributed by atoms with Crippen LogP contribution >= 0.6 is 0 Å². The number of carbonyl (C=O) groups excluding carboxylic acids is 2. The number of para-hydroxylation sites is 1. The third-order valence-electron chi connectivity index (χ3n) is 3.67. The Bertz CT molecular complexity index is 897. The summed E-state index contributed by atoms with van der Waals surface area (Å²) in [6, 6.07) is 14.2. The lowest BCUT2D eigenvalue weighted by atomic mass is 10.1. The predicted octanol–water partition coefficient (Wildman–Crippen LogP) is 3.48. The van der Waals surface area contributed by atoms with Crippen LogP contribution in [-0.2, 0) is 9.47 Å². The fourth-order valence-electron chi connectivity index (χ4n) is 2.50. The molecule has 1 heterocycles. The molecule has 6 nitrogen and oxygen atoms in total. The molecule has 0 atom stereocenters. The van der Waals surface area contributed by atoms with Crippen molar-refractivity contribution in [2.24, 2.45) is 0 Å². The van der Waals surface area contributed by atoms with Gasteiger partial charge in [-0.2, -0.15) is 0 Å². The number of esters is 2. The normalized spacial score (nSPS) is 10.4. The van der Waals surface area contributed by atoms with E-state index in [0.29, 0.717) is 16.9 Å². The SMILES string of the molecule is COC(=O)c1ccc(Nc2[nH]c3ccccc3c2C(=O)OC)cc1. The quantitative estimate of drug-likeness (QED) is 0.718. The summed E-state index contributed by atoms with van der Waals surface area (Å²) in [4.78, 5) is 26.8. The molecule has 2 N–H and O–H groups in total. The molecule has 122 valence electrons. The number of hydrogen-bond acceptors (Lipinski definition) is 5. The molecule has 3 aromatic rings. The molecule has 0 bridgehead atoms. The summed E-state index contributed by atoms with van der Waals surface area (Å²) in [5.41, 5.74) is 2.43. The van der Waals surface area contributed by atoms with Crippen molar-refractivity contribution in [2.75, 3.05) is 19.5 Å². The van der Waals surface area contributed by atoms with E-state index in [4.69, 9.17) is 4.74 Å². The van der Waals surface area contributed by atoms with Crippen LogP contribution in [0.5, 0.6) is 0 Å². The molecule has 0 radical (unpaired) electrons. The van der Waals surface area contributed by atoms with Crippen molar-refractivity contribution in [3.8, 4) is 0 Å². The Morgan fingerprint density at radius 1 is 0.917 bits per heavy atom. The highest BCUT2D eigenvalue weighted by Crippen LogP contribution is 2.29. The molecule has 0 spiro atoms. The molecule has 0 fully saturated rings. The zero-order valence-electron chi connectivity index (χ0n) is 13.3. The van der Waals surface area contributed by atoms with E-state index in [1.54, 1.807) is 24.3 Å². The van der Waals surface area contributed by atoms with Crippen molar-refractivity contribution in [3.63, 3.8) is 0 Å². The number of anilines is 2. The maximum Gasteiger partial charge on any atom is 0.342 e. The van der Waals surface area contributed by atoms with Gasteiger partial charge in [0.2, 0.25) is 0 Å². The van der Waals surface area contributed by atoms with Gasteiger partial charge in [-0.05, 0) is 30.3 Å². The third kappa shape index (κ3) is 2.81. The number of methoxy groups -OCH3 is 2. The average Bonchev–Trinajstić information content (AvgIpc) is 2.98. The number of nitrogens with one attached hydrogen (secondary N) is 2. The van der Waals surface area contributed by atoms with Crippen LogP contribution in [0.15, 0.2) is 48.5 Å². The Kier molecular flexibility index (Phi) is 4.20. The summed E-state index contributed by atoms with van der Waals surface area (Å²) in [6.07, 6.45) is 0. The number of fused-ring (bicyclic) bond motifs is 1. The number of rotatable bonds is 4. The molecule has 0 aliphatic heterocycles. The Labute approximate surface area is 138 Å². The van der Waals surface area contributed by atoms with Crippen LogP contribution in [0.2, 0.25) is 0 Å². The molecule has 0 amide bonds. The fourth-order valence-corrected chi connectivity index (χ4v) is 2.50. The first-order valence-corrected chi connectivity index (χ1v) is 7.28. The van der Waals surface area contributed by atoms with Crippen molar-refractivity contribution in [1.29, 1.82) is 0 Å². The summed E-state index contributed by atoms with van der Waals surface area (Å²) in [7, 11) is 2.68. The maximum absolute atomic E-state index is 12.1. The van der Waals surface area contributed by atoms with Gasteiger partial charge in [-0.15, -0.1) is 0 Å². The number of aromatic amines is 1. The molecule has 3 rings (SSSR count). The van der Waals surface area contributed by atoms with E-state index in [-0.39, 0.29) is 0 Å². The molecule has 2 aromatic carbocycles. The summed E-state index contributed by atoms with van der Waals surface area (Å²) in [5.74, 6) is -0.294. The standard InChI is InChI=1S/C18H16N2O4/c1-23-17(21)11-7-9-12(10-8-11)19-16-15(18(22)24-2)13-5-3-4-6-14(13)20-16/h3-10,19-20H,1-2H3. The lowest BCUT2D eigenvalue weighted by Crippen LogP contribution is -2.05. The minimum absolute atomic E-state index is 0.401. The van der Waals surface area contributed by atoms with Crippen LogP contribution in [-0.4, -0.2) is 31.1 Å². The van der Waals surface area contributed by atoms with E-state index in [9.17, 15) is 9.59 Å². The molecule has 0 unspecified atom stereocenters. The van der Waals surface area contributed by atoms with Gasteiger partial charge >= 0.3 is 11.9 Å². The van der Waals surface area contributed by atoms with E-state index in [2.05, 4.69) is 15.0 Å². The fraction of sp³-hybridized carbons (Fsp3) is 0.111. The Balaban J connectivity index is 1.97. The lowest BCUT2D eigenvalue weighted by Gasteiger charge is -2.07.